The number of carboxylic acid groups (broad SMARTS) is 1. The maximum atomic E-state index is 12.5. The van der Waals surface area contributed by atoms with Crippen molar-refractivity contribution < 1.29 is 27.8 Å². The number of sulfonamides is 1. The number of rotatable bonds is 6. The van der Waals surface area contributed by atoms with Crippen molar-refractivity contribution in [2.45, 2.75) is 31.2 Å². The summed E-state index contributed by atoms with van der Waals surface area (Å²) < 4.78 is 37.8. The van der Waals surface area contributed by atoms with E-state index in [-0.39, 0.29) is 28.0 Å². The third-order valence-corrected chi connectivity index (χ3v) is 5.13. The highest BCUT2D eigenvalue weighted by Gasteiger charge is 2.29. The minimum atomic E-state index is -4.11. The Morgan fingerprint density at radius 2 is 1.87 bits per heavy atom. The monoisotopic (exact) mass is 363 g/mol. The lowest BCUT2D eigenvalue weighted by molar-refractivity contribution is -0.139. The van der Waals surface area contributed by atoms with Crippen LogP contribution in [0.5, 0.6) is 11.5 Å². The lowest BCUT2D eigenvalue weighted by Crippen LogP contribution is -2.41. The molecule has 0 saturated heterocycles. The highest BCUT2D eigenvalue weighted by molar-refractivity contribution is 7.89. The Balaban J connectivity index is 2.33. The molecule has 1 aliphatic heterocycles. The van der Waals surface area contributed by atoms with E-state index in [1.54, 1.807) is 13.8 Å². The van der Waals surface area contributed by atoms with E-state index in [9.17, 15) is 18.3 Å². The summed E-state index contributed by atoms with van der Waals surface area (Å²) in [4.78, 5) is 11.0. The maximum Gasteiger partial charge on any atom is 0.321 e. The van der Waals surface area contributed by atoms with Crippen LogP contribution in [0.25, 0.3) is 0 Å². The number of carbonyl (C=O) groups is 1. The molecule has 1 aromatic carbocycles. The molecule has 1 atom stereocenters. The van der Waals surface area contributed by atoms with Crippen LogP contribution in [-0.2, 0) is 14.8 Å². The number of halogens is 1. The quantitative estimate of drug-likeness (QED) is 0.800. The van der Waals surface area contributed by atoms with Crippen LogP contribution in [0, 0.1) is 5.92 Å². The molecule has 0 saturated carbocycles. The van der Waals surface area contributed by atoms with Gasteiger partial charge in [-0.15, -0.1) is 0 Å². The zero-order chi connectivity index (χ0) is 17.2. The first-order chi connectivity index (χ1) is 10.7. The van der Waals surface area contributed by atoms with Crippen molar-refractivity contribution in [3.05, 3.63) is 17.2 Å². The molecular weight excluding hydrogens is 346 g/mol. The predicted molar refractivity (Wildman–Crippen MR) is 83.6 cm³/mol. The fourth-order valence-electron chi connectivity index (χ4n) is 2.17. The Bertz CT molecular complexity index is 703. The van der Waals surface area contributed by atoms with Gasteiger partial charge in [-0.25, -0.2) is 8.42 Å². The van der Waals surface area contributed by atoms with Gasteiger partial charge in [0.05, 0.1) is 5.02 Å². The van der Waals surface area contributed by atoms with Gasteiger partial charge in [-0.2, -0.15) is 4.72 Å². The molecule has 0 bridgehead atoms. The largest absolute Gasteiger partial charge is 0.486 e. The summed E-state index contributed by atoms with van der Waals surface area (Å²) in [5.74, 6) is -0.612. The Morgan fingerprint density at radius 1 is 1.30 bits per heavy atom. The lowest BCUT2D eigenvalue weighted by Gasteiger charge is -2.21. The zero-order valence-electron chi connectivity index (χ0n) is 12.7. The van der Waals surface area contributed by atoms with E-state index < -0.39 is 22.0 Å². The van der Waals surface area contributed by atoms with Gasteiger partial charge in [0.15, 0.2) is 11.5 Å². The van der Waals surface area contributed by atoms with E-state index >= 15 is 0 Å². The SMILES string of the molecule is CC(C)CC(NS(=O)(=O)c1cc2c(cc1Cl)OCCO2)C(=O)O. The van der Waals surface area contributed by atoms with Crippen molar-refractivity contribution in [1.29, 1.82) is 0 Å². The molecule has 0 aliphatic carbocycles. The molecule has 7 nitrogen and oxygen atoms in total. The number of nitrogens with one attached hydrogen (secondary N) is 1. The summed E-state index contributed by atoms with van der Waals surface area (Å²) in [6, 6.07) is 1.36. The average molecular weight is 364 g/mol. The van der Waals surface area contributed by atoms with Crippen LogP contribution in [-0.4, -0.2) is 38.7 Å². The molecule has 128 valence electrons. The number of carboxylic acids is 1. The maximum absolute atomic E-state index is 12.5. The molecule has 1 aliphatic rings. The van der Waals surface area contributed by atoms with Crippen molar-refractivity contribution in [3.8, 4) is 11.5 Å². The van der Waals surface area contributed by atoms with Crippen LogP contribution in [0.1, 0.15) is 20.3 Å². The number of aliphatic carboxylic acids is 1. The first-order valence-corrected chi connectivity index (χ1v) is 8.91. The van der Waals surface area contributed by atoms with Gasteiger partial charge in [0.1, 0.15) is 24.2 Å². The Morgan fingerprint density at radius 3 is 2.39 bits per heavy atom. The minimum absolute atomic E-state index is 0.00883. The van der Waals surface area contributed by atoms with Gasteiger partial charge >= 0.3 is 5.97 Å². The molecule has 1 unspecified atom stereocenters. The van der Waals surface area contributed by atoms with E-state index in [1.165, 1.54) is 12.1 Å². The van der Waals surface area contributed by atoms with Gasteiger partial charge in [-0.1, -0.05) is 25.4 Å². The summed E-state index contributed by atoms with van der Waals surface area (Å²) in [5, 5.41) is 9.13. The van der Waals surface area contributed by atoms with Crippen molar-refractivity contribution in [2.75, 3.05) is 13.2 Å². The van der Waals surface area contributed by atoms with E-state index in [4.69, 9.17) is 21.1 Å². The number of hydrogen-bond acceptors (Lipinski definition) is 5. The summed E-state index contributed by atoms with van der Waals surface area (Å²) in [6.45, 7) is 4.26. The van der Waals surface area contributed by atoms with Crippen molar-refractivity contribution in [1.82, 2.24) is 4.72 Å². The highest BCUT2D eigenvalue weighted by atomic mass is 35.5. The molecule has 9 heteroatoms. The van der Waals surface area contributed by atoms with Crippen LogP contribution in [0.4, 0.5) is 0 Å². The lowest BCUT2D eigenvalue weighted by atomic mass is 10.1. The van der Waals surface area contributed by atoms with Crippen LogP contribution in [0.15, 0.2) is 17.0 Å². The molecule has 0 radical (unpaired) electrons. The van der Waals surface area contributed by atoms with E-state index in [1.807, 2.05) is 0 Å². The van der Waals surface area contributed by atoms with Gasteiger partial charge in [0.25, 0.3) is 0 Å². The van der Waals surface area contributed by atoms with Crippen molar-refractivity contribution >= 4 is 27.6 Å². The summed E-state index contributed by atoms with van der Waals surface area (Å²) in [5.41, 5.74) is 0. The van der Waals surface area contributed by atoms with E-state index in [0.29, 0.717) is 19.0 Å². The number of fused-ring (bicyclic) bond motifs is 1. The Labute approximate surface area is 139 Å². The third kappa shape index (κ3) is 4.27. The molecular formula is C14H18ClNO6S. The molecule has 23 heavy (non-hydrogen) atoms. The van der Waals surface area contributed by atoms with Crippen LogP contribution in [0.2, 0.25) is 5.02 Å². The van der Waals surface area contributed by atoms with Gasteiger partial charge in [0.2, 0.25) is 10.0 Å². The fraction of sp³-hybridized carbons (Fsp3) is 0.500. The standard InChI is InChI=1S/C14H18ClNO6S/c1-8(2)5-10(14(17)18)16-23(19,20)13-7-12-11(6-9(13)15)21-3-4-22-12/h6-8,10,16H,3-5H2,1-2H3,(H,17,18). The van der Waals surface area contributed by atoms with Gasteiger partial charge in [-0.3, -0.25) is 4.79 Å². The highest BCUT2D eigenvalue weighted by Crippen LogP contribution is 2.37. The van der Waals surface area contributed by atoms with Crippen LogP contribution < -0.4 is 14.2 Å². The first-order valence-electron chi connectivity index (χ1n) is 7.05. The molecule has 1 aromatic rings. The molecule has 0 fully saturated rings. The third-order valence-electron chi connectivity index (χ3n) is 3.19. The second-order valence-corrected chi connectivity index (χ2v) is 7.66. The smallest absolute Gasteiger partial charge is 0.321 e. The molecule has 1 heterocycles. The van der Waals surface area contributed by atoms with Crippen LogP contribution in [0.3, 0.4) is 0 Å². The van der Waals surface area contributed by atoms with Crippen molar-refractivity contribution in [2.24, 2.45) is 5.92 Å². The fourth-order valence-corrected chi connectivity index (χ4v) is 3.91. The molecule has 2 N–H and O–H groups in total. The van der Waals surface area contributed by atoms with Crippen molar-refractivity contribution in [3.63, 3.8) is 0 Å². The van der Waals surface area contributed by atoms with E-state index in [0.717, 1.165) is 0 Å². The number of benzene rings is 1. The normalized spacial score (nSPS) is 15.5. The van der Waals surface area contributed by atoms with Gasteiger partial charge in [-0.05, 0) is 12.3 Å². The zero-order valence-corrected chi connectivity index (χ0v) is 14.3. The minimum Gasteiger partial charge on any atom is -0.486 e. The van der Waals surface area contributed by atoms with Gasteiger partial charge in [0, 0.05) is 12.1 Å². The van der Waals surface area contributed by atoms with E-state index in [2.05, 4.69) is 4.72 Å². The number of hydrogen-bond donors (Lipinski definition) is 2. The summed E-state index contributed by atoms with van der Waals surface area (Å²) in [6.07, 6.45) is 0.163. The average Bonchev–Trinajstić information content (AvgIpc) is 2.44. The molecule has 0 amide bonds. The van der Waals surface area contributed by atoms with Crippen LogP contribution >= 0.6 is 11.6 Å². The second kappa shape index (κ2) is 6.94. The topological polar surface area (TPSA) is 102 Å². The molecule has 0 spiro atoms. The Kier molecular flexibility index (Phi) is 5.38. The molecule has 0 aromatic heterocycles. The molecule has 2 rings (SSSR count). The summed E-state index contributed by atoms with van der Waals surface area (Å²) in [7, 11) is -4.11. The second-order valence-electron chi connectivity index (χ2n) is 5.57. The Hall–Kier alpha value is -1.51. The summed E-state index contributed by atoms with van der Waals surface area (Å²) >= 11 is 6.01. The van der Waals surface area contributed by atoms with Gasteiger partial charge < -0.3 is 14.6 Å². The number of ether oxygens (including phenoxy) is 2. The predicted octanol–water partition coefficient (Wildman–Crippen LogP) is 1.89. The first kappa shape index (κ1) is 17.8.